The number of rotatable bonds is 7. The first-order valence-electron chi connectivity index (χ1n) is 6.67. The Morgan fingerprint density at radius 3 is 2.75 bits per heavy atom. The molecule has 0 aliphatic carbocycles. The molecule has 0 atom stereocenters. The van der Waals surface area contributed by atoms with Gasteiger partial charge in [0.15, 0.2) is 6.29 Å². The third kappa shape index (κ3) is 4.66. The molecule has 0 bridgehead atoms. The number of nitrogen functional groups attached to an aromatic ring is 1. The molecule has 0 fully saturated rings. The van der Waals surface area contributed by atoms with Crippen molar-refractivity contribution in [2.24, 2.45) is 0 Å². The molecule has 110 valence electrons. The van der Waals surface area contributed by atoms with E-state index in [0.29, 0.717) is 36.3 Å². The standard InChI is InChI=1S/C15H22N2O3/c1-11(2)20-8-4-7-17(3)15(19)14-6-5-13(16)9-12(14)10-18/h5-6,9-11H,4,7-8,16H2,1-3H3. The first kappa shape index (κ1) is 16.2. The highest BCUT2D eigenvalue weighted by Crippen LogP contribution is 2.14. The predicted molar refractivity (Wildman–Crippen MR) is 78.9 cm³/mol. The van der Waals surface area contributed by atoms with E-state index in [1.54, 1.807) is 24.1 Å². The molecule has 0 unspecified atom stereocenters. The number of carbonyl (C=O) groups excluding carboxylic acids is 2. The minimum Gasteiger partial charge on any atom is -0.399 e. The predicted octanol–water partition coefficient (Wildman–Crippen LogP) is 1.97. The van der Waals surface area contributed by atoms with Crippen molar-refractivity contribution in [3.63, 3.8) is 0 Å². The van der Waals surface area contributed by atoms with Crippen LogP contribution in [0, 0.1) is 0 Å². The van der Waals surface area contributed by atoms with Crippen LogP contribution in [0.25, 0.3) is 0 Å². The van der Waals surface area contributed by atoms with Gasteiger partial charge in [0.25, 0.3) is 5.91 Å². The second kappa shape index (κ2) is 7.65. The number of aldehydes is 1. The maximum atomic E-state index is 12.2. The van der Waals surface area contributed by atoms with E-state index < -0.39 is 0 Å². The minimum absolute atomic E-state index is 0.184. The summed E-state index contributed by atoms with van der Waals surface area (Å²) in [5.74, 6) is -0.184. The van der Waals surface area contributed by atoms with Crippen LogP contribution in [0.15, 0.2) is 18.2 Å². The average molecular weight is 278 g/mol. The van der Waals surface area contributed by atoms with Crippen molar-refractivity contribution in [3.8, 4) is 0 Å². The SMILES string of the molecule is CC(C)OCCCN(C)C(=O)c1ccc(N)cc1C=O. The third-order valence-corrected chi connectivity index (χ3v) is 2.87. The minimum atomic E-state index is -0.184. The van der Waals surface area contributed by atoms with Gasteiger partial charge in [0.1, 0.15) is 0 Å². The molecule has 1 rings (SSSR count). The van der Waals surface area contributed by atoms with Gasteiger partial charge in [-0.3, -0.25) is 9.59 Å². The average Bonchev–Trinajstić information content (AvgIpc) is 2.42. The van der Waals surface area contributed by atoms with Crippen molar-refractivity contribution in [2.45, 2.75) is 26.4 Å². The van der Waals surface area contributed by atoms with Gasteiger partial charge in [-0.15, -0.1) is 0 Å². The van der Waals surface area contributed by atoms with Crippen LogP contribution < -0.4 is 5.73 Å². The Hall–Kier alpha value is -1.88. The molecular weight excluding hydrogens is 256 g/mol. The van der Waals surface area contributed by atoms with Crippen molar-refractivity contribution >= 4 is 17.9 Å². The Balaban J connectivity index is 2.62. The molecular formula is C15H22N2O3. The fourth-order valence-electron chi connectivity index (χ4n) is 1.80. The van der Waals surface area contributed by atoms with Crippen molar-refractivity contribution in [1.82, 2.24) is 4.90 Å². The largest absolute Gasteiger partial charge is 0.399 e. The van der Waals surface area contributed by atoms with E-state index in [2.05, 4.69) is 0 Å². The summed E-state index contributed by atoms with van der Waals surface area (Å²) < 4.78 is 5.43. The summed E-state index contributed by atoms with van der Waals surface area (Å²) in [4.78, 5) is 24.8. The van der Waals surface area contributed by atoms with Crippen LogP contribution in [-0.4, -0.2) is 43.4 Å². The smallest absolute Gasteiger partial charge is 0.254 e. The molecule has 0 aromatic heterocycles. The van der Waals surface area contributed by atoms with Crippen LogP contribution in [0.4, 0.5) is 5.69 Å². The maximum absolute atomic E-state index is 12.2. The van der Waals surface area contributed by atoms with E-state index in [9.17, 15) is 9.59 Å². The summed E-state index contributed by atoms with van der Waals surface area (Å²) in [6.07, 6.45) is 1.60. The van der Waals surface area contributed by atoms with E-state index >= 15 is 0 Å². The molecule has 0 saturated carbocycles. The van der Waals surface area contributed by atoms with E-state index in [0.717, 1.165) is 6.42 Å². The monoisotopic (exact) mass is 278 g/mol. The summed E-state index contributed by atoms with van der Waals surface area (Å²) in [7, 11) is 1.71. The third-order valence-electron chi connectivity index (χ3n) is 2.87. The Bertz CT molecular complexity index is 472. The highest BCUT2D eigenvalue weighted by Gasteiger charge is 2.15. The van der Waals surface area contributed by atoms with Gasteiger partial charge in [0.2, 0.25) is 0 Å². The molecule has 0 radical (unpaired) electrons. The topological polar surface area (TPSA) is 72.6 Å². The molecule has 1 aromatic carbocycles. The summed E-state index contributed by atoms with van der Waals surface area (Å²) in [5, 5.41) is 0. The van der Waals surface area contributed by atoms with Gasteiger partial charge in [-0.2, -0.15) is 0 Å². The van der Waals surface area contributed by atoms with Gasteiger partial charge in [-0.1, -0.05) is 0 Å². The number of anilines is 1. The number of hydrogen-bond acceptors (Lipinski definition) is 4. The van der Waals surface area contributed by atoms with Crippen LogP contribution >= 0.6 is 0 Å². The van der Waals surface area contributed by atoms with Crippen molar-refractivity contribution in [1.29, 1.82) is 0 Å². The van der Waals surface area contributed by atoms with Gasteiger partial charge >= 0.3 is 0 Å². The van der Waals surface area contributed by atoms with Crippen molar-refractivity contribution < 1.29 is 14.3 Å². The zero-order valence-corrected chi connectivity index (χ0v) is 12.3. The van der Waals surface area contributed by atoms with E-state index in [4.69, 9.17) is 10.5 Å². The zero-order valence-electron chi connectivity index (χ0n) is 12.3. The number of benzene rings is 1. The number of hydrogen-bond donors (Lipinski definition) is 1. The Labute approximate surface area is 119 Å². The molecule has 0 heterocycles. The van der Waals surface area contributed by atoms with E-state index in [1.165, 1.54) is 6.07 Å². The van der Waals surface area contributed by atoms with Gasteiger partial charge in [0, 0.05) is 31.5 Å². The summed E-state index contributed by atoms with van der Waals surface area (Å²) >= 11 is 0. The maximum Gasteiger partial charge on any atom is 0.254 e. The number of nitrogens with two attached hydrogens (primary N) is 1. The number of amides is 1. The zero-order chi connectivity index (χ0) is 15.1. The van der Waals surface area contributed by atoms with Gasteiger partial charge < -0.3 is 15.4 Å². The highest BCUT2D eigenvalue weighted by atomic mass is 16.5. The number of nitrogens with zero attached hydrogens (tertiary/aromatic N) is 1. The molecule has 0 spiro atoms. The van der Waals surface area contributed by atoms with E-state index in [1.807, 2.05) is 13.8 Å². The molecule has 1 amide bonds. The fourth-order valence-corrected chi connectivity index (χ4v) is 1.80. The molecule has 1 aromatic rings. The lowest BCUT2D eigenvalue weighted by Gasteiger charge is -2.18. The van der Waals surface area contributed by atoms with Gasteiger partial charge in [0.05, 0.1) is 11.7 Å². The van der Waals surface area contributed by atoms with Crippen LogP contribution in [0.1, 0.15) is 41.0 Å². The molecule has 0 saturated heterocycles. The lowest BCUT2D eigenvalue weighted by atomic mass is 10.1. The second-order valence-corrected chi connectivity index (χ2v) is 4.96. The lowest BCUT2D eigenvalue weighted by molar-refractivity contribution is 0.0649. The first-order chi connectivity index (χ1) is 9.45. The van der Waals surface area contributed by atoms with Crippen LogP contribution in [0.2, 0.25) is 0 Å². The van der Waals surface area contributed by atoms with Crippen molar-refractivity contribution in [2.75, 3.05) is 25.9 Å². The summed E-state index contributed by atoms with van der Waals surface area (Å²) in [5.41, 5.74) is 6.77. The van der Waals surface area contributed by atoms with Crippen LogP contribution in [-0.2, 0) is 4.74 Å². The van der Waals surface area contributed by atoms with Gasteiger partial charge in [-0.05, 0) is 38.5 Å². The molecule has 0 aliphatic rings. The first-order valence-corrected chi connectivity index (χ1v) is 6.67. The Morgan fingerprint density at radius 2 is 2.15 bits per heavy atom. The second-order valence-electron chi connectivity index (χ2n) is 4.96. The molecule has 20 heavy (non-hydrogen) atoms. The Morgan fingerprint density at radius 1 is 1.45 bits per heavy atom. The Kier molecular flexibility index (Phi) is 6.18. The summed E-state index contributed by atoms with van der Waals surface area (Å²) in [6.45, 7) is 5.13. The number of carbonyl (C=O) groups is 2. The van der Waals surface area contributed by atoms with Crippen molar-refractivity contribution in [3.05, 3.63) is 29.3 Å². The quantitative estimate of drug-likeness (QED) is 0.470. The van der Waals surface area contributed by atoms with Gasteiger partial charge in [-0.25, -0.2) is 0 Å². The van der Waals surface area contributed by atoms with Crippen LogP contribution in [0.3, 0.4) is 0 Å². The van der Waals surface area contributed by atoms with E-state index in [-0.39, 0.29) is 12.0 Å². The normalized spacial score (nSPS) is 10.6. The molecule has 5 heteroatoms. The molecule has 0 aliphatic heterocycles. The highest BCUT2D eigenvalue weighted by molar-refractivity contribution is 6.01. The molecule has 2 N–H and O–H groups in total. The fraction of sp³-hybridized carbons (Fsp3) is 0.467. The summed E-state index contributed by atoms with van der Waals surface area (Å²) in [6, 6.07) is 4.72. The molecule has 5 nitrogen and oxygen atoms in total. The van der Waals surface area contributed by atoms with Crippen LogP contribution in [0.5, 0.6) is 0 Å². The lowest BCUT2D eigenvalue weighted by Crippen LogP contribution is -2.29. The number of ether oxygens (including phenoxy) is 1.